The molecule has 3 nitrogen and oxygen atoms in total. The molecule has 0 aliphatic heterocycles. The van der Waals surface area contributed by atoms with E-state index in [0.717, 1.165) is 21.5 Å². The van der Waals surface area contributed by atoms with E-state index in [9.17, 15) is 14.2 Å². The van der Waals surface area contributed by atoms with Gasteiger partial charge in [0.25, 0.3) is 0 Å². The van der Waals surface area contributed by atoms with Gasteiger partial charge in [0.2, 0.25) is 18.8 Å². The average Bonchev–Trinajstić information content (AvgIpc) is 2.71. The smallest absolute Gasteiger partial charge is 0.226 e. The molecule has 0 aliphatic rings. The summed E-state index contributed by atoms with van der Waals surface area (Å²) >= 11 is 0. The minimum atomic E-state index is -3.11. The van der Waals surface area contributed by atoms with Crippen molar-refractivity contribution in [3.8, 4) is 0 Å². The number of carbonyl (C=O) groups is 2. The van der Waals surface area contributed by atoms with Crippen molar-refractivity contribution in [2.45, 2.75) is 0 Å². The second-order valence-electron chi connectivity index (χ2n) is 6.11. The molecule has 0 atom stereocenters. The van der Waals surface area contributed by atoms with Crippen LogP contribution in [0.1, 0.15) is 20.7 Å². The Morgan fingerprint density at radius 1 is 0.538 bits per heavy atom. The van der Waals surface area contributed by atoms with E-state index in [1.165, 1.54) is 0 Å². The first-order valence-corrected chi connectivity index (χ1v) is 9.65. The molecular weight excluding hydrogens is 343 g/mol. The van der Waals surface area contributed by atoms with Gasteiger partial charge in [0.15, 0.2) is 0 Å². The van der Waals surface area contributed by atoms with Gasteiger partial charge in [-0.05, 0) is 33.7 Å². The predicted molar refractivity (Wildman–Crippen MR) is 106 cm³/mol. The summed E-state index contributed by atoms with van der Waals surface area (Å²) in [6.07, 6.45) is 0. The number of rotatable bonds is 4. The Hall–Kier alpha value is -3.03. The van der Waals surface area contributed by atoms with Gasteiger partial charge in [-0.2, -0.15) is 0 Å². The molecule has 0 spiro atoms. The molecule has 26 heavy (non-hydrogen) atoms. The third-order valence-corrected chi connectivity index (χ3v) is 5.84. The van der Waals surface area contributed by atoms with Crippen LogP contribution in [0.2, 0.25) is 0 Å². The Morgan fingerprint density at radius 3 is 1.35 bits per heavy atom. The molecule has 0 aromatic heterocycles. The van der Waals surface area contributed by atoms with Crippen LogP contribution in [0.5, 0.6) is 0 Å². The molecule has 4 aromatic rings. The zero-order valence-corrected chi connectivity index (χ0v) is 14.8. The lowest BCUT2D eigenvalue weighted by atomic mass is 10.1. The van der Waals surface area contributed by atoms with Crippen LogP contribution in [-0.2, 0) is 4.57 Å². The molecule has 0 radical (unpaired) electrons. The normalized spacial score (nSPS) is 11.1. The van der Waals surface area contributed by atoms with E-state index in [0.29, 0.717) is 11.1 Å². The quantitative estimate of drug-likeness (QED) is 0.451. The number of benzene rings is 4. The van der Waals surface area contributed by atoms with Crippen LogP contribution >= 0.6 is 7.80 Å². The molecule has 0 saturated heterocycles. The highest BCUT2D eigenvalue weighted by atomic mass is 31.1. The van der Waals surface area contributed by atoms with Gasteiger partial charge in [-0.15, -0.1) is 0 Å². The molecule has 0 N–H and O–H groups in total. The van der Waals surface area contributed by atoms with Crippen molar-refractivity contribution in [1.82, 2.24) is 0 Å². The van der Waals surface area contributed by atoms with Gasteiger partial charge < -0.3 is 4.57 Å². The Bertz CT molecular complexity index is 1100. The molecule has 4 rings (SSSR count). The average molecular weight is 358 g/mol. The van der Waals surface area contributed by atoms with Crippen molar-refractivity contribution in [2.75, 3.05) is 0 Å². The van der Waals surface area contributed by atoms with Crippen molar-refractivity contribution < 1.29 is 14.2 Å². The Kier molecular flexibility index (Phi) is 4.24. The standard InChI is InChI=1S/C22H15O3P/c23-21(19-11-9-15-5-1-3-7-17(15)13-19)26(25)22(24)20-12-10-16-6-2-4-8-18(16)14-20/h1-14,26H. The molecule has 0 fully saturated rings. The summed E-state index contributed by atoms with van der Waals surface area (Å²) in [6.45, 7) is 0. The fourth-order valence-electron chi connectivity index (χ4n) is 3.03. The van der Waals surface area contributed by atoms with Crippen LogP contribution in [0, 0.1) is 0 Å². The van der Waals surface area contributed by atoms with Gasteiger partial charge in [0.1, 0.15) is 0 Å². The number of hydrogen-bond donors (Lipinski definition) is 0. The Labute approximate surface area is 151 Å². The van der Waals surface area contributed by atoms with E-state index < -0.39 is 18.8 Å². The fraction of sp³-hybridized carbons (Fsp3) is 0. The first kappa shape index (κ1) is 16.4. The molecule has 0 bridgehead atoms. The van der Waals surface area contributed by atoms with Crippen LogP contribution in [0.3, 0.4) is 0 Å². The third-order valence-electron chi connectivity index (χ3n) is 4.44. The van der Waals surface area contributed by atoms with Crippen molar-refractivity contribution in [2.24, 2.45) is 0 Å². The fourth-order valence-corrected chi connectivity index (χ4v) is 4.07. The van der Waals surface area contributed by atoms with Crippen molar-refractivity contribution in [1.29, 1.82) is 0 Å². The summed E-state index contributed by atoms with van der Waals surface area (Å²) in [5.74, 6) is 0. The topological polar surface area (TPSA) is 51.2 Å². The molecule has 0 heterocycles. The number of fused-ring (bicyclic) bond motifs is 2. The highest BCUT2D eigenvalue weighted by Crippen LogP contribution is 2.33. The highest BCUT2D eigenvalue weighted by Gasteiger charge is 2.23. The third kappa shape index (κ3) is 2.98. The molecule has 4 heteroatoms. The summed E-state index contributed by atoms with van der Waals surface area (Å²) in [6, 6.07) is 25.5. The van der Waals surface area contributed by atoms with Gasteiger partial charge in [-0.1, -0.05) is 72.8 Å². The van der Waals surface area contributed by atoms with Crippen molar-refractivity contribution in [3.05, 3.63) is 96.1 Å². The predicted octanol–water partition coefficient (Wildman–Crippen LogP) is 5.53. The summed E-state index contributed by atoms with van der Waals surface area (Å²) in [5.41, 5.74) is -0.582. The minimum Gasteiger partial charge on any atom is -0.310 e. The second kappa shape index (κ2) is 6.70. The zero-order chi connectivity index (χ0) is 18.1. The maximum absolute atomic E-state index is 12.6. The SMILES string of the molecule is O=C(c1ccc2ccccc2c1)[PH](=O)C(=O)c1ccc2ccccc2c1. The monoisotopic (exact) mass is 358 g/mol. The minimum absolute atomic E-state index is 0.307. The summed E-state index contributed by atoms with van der Waals surface area (Å²) in [7, 11) is -3.11. The van der Waals surface area contributed by atoms with Gasteiger partial charge >= 0.3 is 0 Å². The van der Waals surface area contributed by atoms with Gasteiger partial charge in [-0.25, -0.2) is 0 Å². The Balaban J connectivity index is 1.66. The molecule has 0 amide bonds. The van der Waals surface area contributed by atoms with Gasteiger partial charge in [0.05, 0.1) is 0 Å². The van der Waals surface area contributed by atoms with Gasteiger partial charge in [0, 0.05) is 11.1 Å². The van der Waals surface area contributed by atoms with Gasteiger partial charge in [-0.3, -0.25) is 9.59 Å². The first-order valence-electron chi connectivity index (χ1n) is 8.24. The molecule has 0 saturated carbocycles. The first-order chi connectivity index (χ1) is 12.6. The second-order valence-corrected chi connectivity index (χ2v) is 7.68. The largest absolute Gasteiger partial charge is 0.310 e. The molecule has 126 valence electrons. The van der Waals surface area contributed by atoms with Crippen LogP contribution in [0.25, 0.3) is 21.5 Å². The zero-order valence-electron chi connectivity index (χ0n) is 13.8. The number of hydrogen-bond acceptors (Lipinski definition) is 3. The molecule has 4 aromatic carbocycles. The lowest BCUT2D eigenvalue weighted by molar-refractivity contribution is 0.104. The van der Waals surface area contributed by atoms with Crippen molar-refractivity contribution >= 4 is 40.4 Å². The van der Waals surface area contributed by atoms with E-state index in [4.69, 9.17) is 0 Å². The summed E-state index contributed by atoms with van der Waals surface area (Å²) in [4.78, 5) is 25.2. The highest BCUT2D eigenvalue weighted by molar-refractivity contribution is 7.80. The van der Waals surface area contributed by atoms with Crippen LogP contribution in [0.15, 0.2) is 84.9 Å². The summed E-state index contributed by atoms with van der Waals surface area (Å²) < 4.78 is 12.6. The Morgan fingerprint density at radius 2 is 0.923 bits per heavy atom. The maximum Gasteiger partial charge on any atom is 0.226 e. The van der Waals surface area contributed by atoms with E-state index >= 15 is 0 Å². The molecule has 0 aliphatic carbocycles. The number of carbonyl (C=O) groups excluding carboxylic acids is 2. The van der Waals surface area contributed by atoms with Crippen LogP contribution in [-0.4, -0.2) is 11.0 Å². The lowest BCUT2D eigenvalue weighted by Gasteiger charge is -2.05. The van der Waals surface area contributed by atoms with Crippen LogP contribution in [0.4, 0.5) is 0 Å². The van der Waals surface area contributed by atoms with Crippen LogP contribution < -0.4 is 0 Å². The molecule has 0 unspecified atom stereocenters. The molecular formula is C22H15O3P. The van der Waals surface area contributed by atoms with E-state index in [1.54, 1.807) is 36.4 Å². The van der Waals surface area contributed by atoms with Crippen molar-refractivity contribution in [3.63, 3.8) is 0 Å². The summed E-state index contributed by atoms with van der Waals surface area (Å²) in [5, 5.41) is 3.74. The maximum atomic E-state index is 12.6. The van der Waals surface area contributed by atoms with E-state index in [2.05, 4.69) is 0 Å². The van der Waals surface area contributed by atoms with E-state index in [-0.39, 0.29) is 0 Å². The van der Waals surface area contributed by atoms with E-state index in [1.807, 2.05) is 48.5 Å². The lowest BCUT2D eigenvalue weighted by Crippen LogP contribution is -2.01.